The van der Waals surface area contributed by atoms with Gasteiger partial charge in [-0.2, -0.15) is 5.26 Å². The van der Waals surface area contributed by atoms with Gasteiger partial charge in [0.25, 0.3) is 0 Å². The third kappa shape index (κ3) is 3.85. The predicted molar refractivity (Wildman–Crippen MR) is 69.9 cm³/mol. The molecular weight excluding hydrogens is 262 g/mol. The minimum atomic E-state index is -1.27. The maximum atomic E-state index is 11.6. The number of carboxylic acid groups (broad SMARTS) is 1. The molecule has 104 valence electrons. The molecule has 0 spiro atoms. The Hall–Kier alpha value is -2.81. The van der Waals surface area contributed by atoms with Crippen molar-refractivity contribution in [3.05, 3.63) is 34.9 Å². The van der Waals surface area contributed by atoms with Crippen molar-refractivity contribution >= 4 is 18.0 Å². The molecule has 0 aromatic heterocycles. The molecule has 0 aliphatic carbocycles. The second-order valence-electron chi connectivity index (χ2n) is 4.21. The quantitative estimate of drug-likeness (QED) is 0.494. The summed E-state index contributed by atoms with van der Waals surface area (Å²) < 4.78 is 4.88. The van der Waals surface area contributed by atoms with Crippen LogP contribution in [0.2, 0.25) is 0 Å². The van der Waals surface area contributed by atoms with Crippen LogP contribution in [0.1, 0.15) is 29.8 Å². The molecule has 0 heterocycles. The SMILES string of the molecule is CC(C)OC(=O)/C(C#N)=C/c1ccc(C(=O)O)c(O)c1. The number of phenols is 1. The minimum absolute atomic E-state index is 0.235. The highest BCUT2D eigenvalue weighted by atomic mass is 16.5. The van der Waals surface area contributed by atoms with Gasteiger partial charge in [0.1, 0.15) is 23.0 Å². The number of carbonyl (C=O) groups is 2. The number of carbonyl (C=O) groups excluding carboxylic acids is 1. The molecule has 2 N–H and O–H groups in total. The Bertz CT molecular complexity index is 610. The fourth-order valence-electron chi connectivity index (χ4n) is 1.40. The summed E-state index contributed by atoms with van der Waals surface area (Å²) in [6, 6.07) is 5.42. The highest BCUT2D eigenvalue weighted by molar-refractivity contribution is 5.98. The van der Waals surface area contributed by atoms with E-state index in [-0.39, 0.29) is 17.2 Å². The highest BCUT2D eigenvalue weighted by Crippen LogP contribution is 2.20. The van der Waals surface area contributed by atoms with E-state index in [0.717, 1.165) is 6.07 Å². The first-order chi connectivity index (χ1) is 9.35. The molecule has 1 rings (SSSR count). The summed E-state index contributed by atoms with van der Waals surface area (Å²) in [5, 5.41) is 27.2. The van der Waals surface area contributed by atoms with Crippen LogP contribution in [0.4, 0.5) is 0 Å². The molecule has 0 fully saturated rings. The van der Waals surface area contributed by atoms with E-state index in [1.165, 1.54) is 18.2 Å². The second-order valence-corrected chi connectivity index (χ2v) is 4.21. The van der Waals surface area contributed by atoms with E-state index in [0.29, 0.717) is 5.56 Å². The van der Waals surface area contributed by atoms with Gasteiger partial charge < -0.3 is 14.9 Å². The number of benzene rings is 1. The maximum Gasteiger partial charge on any atom is 0.349 e. The number of rotatable bonds is 4. The molecule has 0 bridgehead atoms. The van der Waals surface area contributed by atoms with Gasteiger partial charge in [-0.1, -0.05) is 6.07 Å². The van der Waals surface area contributed by atoms with E-state index in [9.17, 15) is 14.7 Å². The first-order valence-corrected chi connectivity index (χ1v) is 5.74. The van der Waals surface area contributed by atoms with Crippen LogP contribution >= 0.6 is 0 Å². The molecule has 0 atom stereocenters. The number of hydrogen-bond donors (Lipinski definition) is 2. The molecule has 20 heavy (non-hydrogen) atoms. The lowest BCUT2D eigenvalue weighted by atomic mass is 10.1. The van der Waals surface area contributed by atoms with Gasteiger partial charge in [-0.3, -0.25) is 0 Å². The molecule has 0 unspecified atom stereocenters. The number of aromatic hydroxyl groups is 1. The van der Waals surface area contributed by atoms with Crippen molar-refractivity contribution in [3.8, 4) is 11.8 Å². The normalized spacial score (nSPS) is 11.0. The van der Waals surface area contributed by atoms with Gasteiger partial charge in [0.15, 0.2) is 0 Å². The van der Waals surface area contributed by atoms with Crippen LogP contribution in [0, 0.1) is 11.3 Å². The fraction of sp³-hybridized carbons (Fsp3) is 0.214. The van der Waals surface area contributed by atoms with Crippen LogP contribution in [0.25, 0.3) is 6.08 Å². The molecule has 0 radical (unpaired) electrons. The van der Waals surface area contributed by atoms with E-state index in [1.54, 1.807) is 19.9 Å². The molecule has 6 heteroatoms. The van der Waals surface area contributed by atoms with Crippen LogP contribution in [0.3, 0.4) is 0 Å². The van der Waals surface area contributed by atoms with E-state index < -0.39 is 17.7 Å². The van der Waals surface area contributed by atoms with Gasteiger partial charge in [0.2, 0.25) is 0 Å². The summed E-state index contributed by atoms with van der Waals surface area (Å²) in [5.74, 6) is -2.48. The Balaban J connectivity index is 3.09. The van der Waals surface area contributed by atoms with Crippen molar-refractivity contribution in [2.45, 2.75) is 20.0 Å². The zero-order chi connectivity index (χ0) is 15.3. The van der Waals surface area contributed by atoms with Gasteiger partial charge in [0, 0.05) is 0 Å². The van der Waals surface area contributed by atoms with Crippen molar-refractivity contribution in [1.82, 2.24) is 0 Å². The third-order valence-electron chi connectivity index (χ3n) is 2.25. The number of esters is 1. The average Bonchev–Trinajstić information content (AvgIpc) is 2.34. The zero-order valence-electron chi connectivity index (χ0n) is 11.0. The molecule has 1 aromatic carbocycles. The number of aromatic carboxylic acids is 1. The molecule has 6 nitrogen and oxygen atoms in total. The van der Waals surface area contributed by atoms with Crippen LogP contribution in [-0.2, 0) is 9.53 Å². The predicted octanol–water partition coefficient (Wildman–Crippen LogP) is 1.95. The standard InChI is InChI=1S/C14H13NO5/c1-8(2)20-14(19)10(7-15)5-9-3-4-11(13(17)18)12(16)6-9/h3-6,8,16H,1-2H3,(H,17,18)/b10-5+. The van der Waals surface area contributed by atoms with Crippen LogP contribution < -0.4 is 0 Å². The maximum absolute atomic E-state index is 11.6. The summed E-state index contributed by atoms with van der Waals surface area (Å²) in [4.78, 5) is 22.3. The lowest BCUT2D eigenvalue weighted by Crippen LogP contribution is -2.12. The van der Waals surface area contributed by atoms with Crippen molar-refractivity contribution < 1.29 is 24.5 Å². The third-order valence-corrected chi connectivity index (χ3v) is 2.25. The summed E-state index contributed by atoms with van der Waals surface area (Å²) >= 11 is 0. The summed E-state index contributed by atoms with van der Waals surface area (Å²) in [6.45, 7) is 3.31. The number of hydrogen-bond acceptors (Lipinski definition) is 5. The molecule has 0 saturated carbocycles. The smallest absolute Gasteiger partial charge is 0.349 e. The number of ether oxygens (including phenoxy) is 1. The monoisotopic (exact) mass is 275 g/mol. The molecule has 1 aromatic rings. The van der Waals surface area contributed by atoms with Crippen molar-refractivity contribution in [2.75, 3.05) is 0 Å². The summed E-state index contributed by atoms with van der Waals surface area (Å²) in [7, 11) is 0. The van der Waals surface area contributed by atoms with Crippen molar-refractivity contribution in [3.63, 3.8) is 0 Å². The summed E-state index contributed by atoms with van der Waals surface area (Å²) in [5.41, 5.74) is -0.170. The molecule has 0 aliphatic rings. The van der Waals surface area contributed by atoms with Gasteiger partial charge in [-0.25, -0.2) is 9.59 Å². The molecular formula is C14H13NO5. The zero-order valence-corrected chi connectivity index (χ0v) is 11.0. The second kappa shape index (κ2) is 6.38. The molecule has 0 saturated heterocycles. The van der Waals surface area contributed by atoms with Crippen molar-refractivity contribution in [2.24, 2.45) is 0 Å². The van der Waals surface area contributed by atoms with Crippen LogP contribution in [0.15, 0.2) is 23.8 Å². The van der Waals surface area contributed by atoms with Crippen molar-refractivity contribution in [1.29, 1.82) is 5.26 Å². The minimum Gasteiger partial charge on any atom is -0.507 e. The van der Waals surface area contributed by atoms with E-state index in [2.05, 4.69) is 0 Å². The Morgan fingerprint density at radius 2 is 2.05 bits per heavy atom. The Labute approximate surface area is 115 Å². The van der Waals surface area contributed by atoms with E-state index >= 15 is 0 Å². The summed E-state index contributed by atoms with van der Waals surface area (Å²) in [6.07, 6.45) is 0.859. The first-order valence-electron chi connectivity index (χ1n) is 5.74. The molecule has 0 aliphatic heterocycles. The Morgan fingerprint density at radius 1 is 1.40 bits per heavy atom. The van der Waals surface area contributed by atoms with Gasteiger partial charge in [-0.05, 0) is 37.6 Å². The topological polar surface area (TPSA) is 108 Å². The first kappa shape index (κ1) is 15.2. The van der Waals surface area contributed by atoms with Gasteiger partial charge >= 0.3 is 11.9 Å². The Kier molecular flexibility index (Phi) is 4.87. The lowest BCUT2D eigenvalue weighted by molar-refractivity contribution is -0.142. The Morgan fingerprint density at radius 3 is 2.50 bits per heavy atom. The van der Waals surface area contributed by atoms with E-state index in [1.807, 2.05) is 0 Å². The highest BCUT2D eigenvalue weighted by Gasteiger charge is 2.14. The van der Waals surface area contributed by atoms with Gasteiger partial charge in [0.05, 0.1) is 6.10 Å². The van der Waals surface area contributed by atoms with E-state index in [4.69, 9.17) is 15.1 Å². The number of nitriles is 1. The van der Waals surface area contributed by atoms with Crippen LogP contribution in [-0.4, -0.2) is 28.3 Å². The largest absolute Gasteiger partial charge is 0.507 e. The number of carboxylic acids is 1. The molecule has 0 amide bonds. The average molecular weight is 275 g/mol. The van der Waals surface area contributed by atoms with Gasteiger partial charge in [-0.15, -0.1) is 0 Å². The van der Waals surface area contributed by atoms with Crippen LogP contribution in [0.5, 0.6) is 5.75 Å². The lowest BCUT2D eigenvalue weighted by Gasteiger charge is -2.06. The number of nitrogens with zero attached hydrogens (tertiary/aromatic N) is 1. The fourth-order valence-corrected chi connectivity index (χ4v) is 1.40.